The van der Waals surface area contributed by atoms with Crippen molar-refractivity contribution in [2.75, 3.05) is 6.26 Å². The Hall–Kier alpha value is -0.840. The van der Waals surface area contributed by atoms with Gasteiger partial charge < -0.3 is 4.42 Å². The molecule has 5 heteroatoms. The molecule has 1 heterocycles. The highest BCUT2D eigenvalue weighted by molar-refractivity contribution is 7.89. The molecule has 1 aromatic rings. The summed E-state index contributed by atoms with van der Waals surface area (Å²) in [5, 5.41) is 0. The summed E-state index contributed by atoms with van der Waals surface area (Å²) in [7, 11) is -3.03. The largest absolute Gasteiger partial charge is 0.445 e. The van der Waals surface area contributed by atoms with E-state index in [1.165, 1.54) is 0 Å². The van der Waals surface area contributed by atoms with Crippen molar-refractivity contribution in [3.05, 3.63) is 17.8 Å². The Morgan fingerprint density at radius 2 is 2.25 bits per heavy atom. The Balaban J connectivity index is 2.78. The first-order chi connectivity index (χ1) is 5.51. The van der Waals surface area contributed by atoms with Gasteiger partial charge in [0.1, 0.15) is 11.5 Å². The average molecular weight is 189 g/mol. The van der Waals surface area contributed by atoms with Gasteiger partial charge in [-0.05, 0) is 0 Å². The summed E-state index contributed by atoms with van der Waals surface area (Å²) >= 11 is 0. The van der Waals surface area contributed by atoms with Gasteiger partial charge in [-0.2, -0.15) is 0 Å². The summed E-state index contributed by atoms with van der Waals surface area (Å²) < 4.78 is 26.7. The van der Waals surface area contributed by atoms with Crippen molar-refractivity contribution in [2.24, 2.45) is 0 Å². The monoisotopic (exact) mass is 189 g/mol. The van der Waals surface area contributed by atoms with Gasteiger partial charge in [-0.15, -0.1) is 0 Å². The van der Waals surface area contributed by atoms with E-state index in [-0.39, 0.29) is 11.6 Å². The van der Waals surface area contributed by atoms with Gasteiger partial charge in [0.15, 0.2) is 9.84 Å². The summed E-state index contributed by atoms with van der Waals surface area (Å²) in [5.74, 6) is 0.871. The van der Waals surface area contributed by atoms with E-state index in [1.807, 2.05) is 6.92 Å². The van der Waals surface area contributed by atoms with Gasteiger partial charge >= 0.3 is 0 Å². The molecule has 12 heavy (non-hydrogen) atoms. The Labute approximate surface area is 71.5 Å². The summed E-state index contributed by atoms with van der Waals surface area (Å²) in [6.45, 7) is 1.92. The van der Waals surface area contributed by atoms with Crippen molar-refractivity contribution in [1.29, 1.82) is 0 Å². The van der Waals surface area contributed by atoms with Gasteiger partial charge in [-0.25, -0.2) is 13.4 Å². The maximum atomic E-state index is 10.8. The van der Waals surface area contributed by atoms with Gasteiger partial charge in [0.05, 0.1) is 6.20 Å². The summed E-state index contributed by atoms with van der Waals surface area (Å²) in [5.41, 5.74) is 0. The van der Waals surface area contributed by atoms with Crippen molar-refractivity contribution >= 4 is 9.84 Å². The van der Waals surface area contributed by atoms with E-state index in [0.717, 1.165) is 12.7 Å². The van der Waals surface area contributed by atoms with Crippen LogP contribution < -0.4 is 0 Å². The van der Waals surface area contributed by atoms with E-state index in [4.69, 9.17) is 4.42 Å². The van der Waals surface area contributed by atoms with Crippen molar-refractivity contribution in [3.8, 4) is 0 Å². The van der Waals surface area contributed by atoms with E-state index in [2.05, 4.69) is 4.98 Å². The molecular formula is C7H11NO3S. The Kier molecular flexibility index (Phi) is 2.52. The van der Waals surface area contributed by atoms with Crippen LogP contribution in [0.3, 0.4) is 0 Å². The predicted molar refractivity (Wildman–Crippen MR) is 44.4 cm³/mol. The Morgan fingerprint density at radius 1 is 1.58 bits per heavy atom. The molecule has 1 rings (SSSR count). The van der Waals surface area contributed by atoms with E-state index in [9.17, 15) is 8.42 Å². The van der Waals surface area contributed by atoms with Crippen LogP contribution >= 0.6 is 0 Å². The maximum Gasteiger partial charge on any atom is 0.209 e. The molecule has 4 nitrogen and oxygen atoms in total. The normalized spacial score (nSPS) is 11.8. The number of rotatable bonds is 3. The highest BCUT2D eigenvalue weighted by Crippen LogP contribution is 2.06. The zero-order valence-corrected chi connectivity index (χ0v) is 7.89. The molecule has 0 aliphatic rings. The van der Waals surface area contributed by atoms with Crippen molar-refractivity contribution < 1.29 is 12.8 Å². The standard InChI is InChI=1S/C7H11NO3S/c1-3-6-4-8-7(11-6)5-12(2,9)10/h4H,3,5H2,1-2H3. The molecule has 0 fully saturated rings. The molecule has 0 saturated carbocycles. The number of aryl methyl sites for hydroxylation is 1. The van der Waals surface area contributed by atoms with Crippen LogP contribution in [0.2, 0.25) is 0 Å². The van der Waals surface area contributed by atoms with E-state index in [1.54, 1.807) is 6.20 Å². The van der Waals surface area contributed by atoms with Crippen LogP contribution in [-0.2, 0) is 22.0 Å². The second kappa shape index (κ2) is 3.26. The third-order valence-corrected chi connectivity index (χ3v) is 2.11. The third-order valence-electron chi connectivity index (χ3n) is 1.34. The fourth-order valence-corrected chi connectivity index (χ4v) is 1.38. The van der Waals surface area contributed by atoms with E-state index in [0.29, 0.717) is 5.76 Å². The fourth-order valence-electron chi connectivity index (χ4n) is 0.803. The third kappa shape index (κ3) is 2.65. The first-order valence-electron chi connectivity index (χ1n) is 3.62. The van der Waals surface area contributed by atoms with E-state index < -0.39 is 9.84 Å². The molecule has 0 saturated heterocycles. The minimum Gasteiger partial charge on any atom is -0.445 e. The molecule has 0 N–H and O–H groups in total. The summed E-state index contributed by atoms with van der Waals surface area (Å²) in [6.07, 6.45) is 3.44. The van der Waals surface area contributed by atoms with Crippen LogP contribution in [0.1, 0.15) is 18.6 Å². The molecule has 0 bridgehead atoms. The number of hydrogen-bond acceptors (Lipinski definition) is 4. The molecule has 0 amide bonds. The van der Waals surface area contributed by atoms with Gasteiger partial charge in [0.25, 0.3) is 0 Å². The molecule has 0 atom stereocenters. The zero-order valence-electron chi connectivity index (χ0n) is 7.07. The zero-order chi connectivity index (χ0) is 9.19. The number of hydrogen-bond donors (Lipinski definition) is 0. The second-order valence-electron chi connectivity index (χ2n) is 2.64. The molecule has 0 aliphatic heterocycles. The lowest BCUT2D eigenvalue weighted by molar-refractivity contribution is 0.471. The maximum absolute atomic E-state index is 10.8. The summed E-state index contributed by atoms with van der Waals surface area (Å²) in [6, 6.07) is 0. The van der Waals surface area contributed by atoms with Crippen LogP contribution in [-0.4, -0.2) is 19.7 Å². The number of sulfone groups is 1. The molecular weight excluding hydrogens is 178 g/mol. The number of oxazole rings is 1. The Morgan fingerprint density at radius 3 is 2.67 bits per heavy atom. The molecule has 0 aromatic carbocycles. The smallest absolute Gasteiger partial charge is 0.209 e. The van der Waals surface area contributed by atoms with Gasteiger partial charge in [-0.3, -0.25) is 0 Å². The molecule has 0 unspecified atom stereocenters. The van der Waals surface area contributed by atoms with Crippen molar-refractivity contribution in [3.63, 3.8) is 0 Å². The SMILES string of the molecule is CCc1cnc(CS(C)(=O)=O)o1. The minimum absolute atomic E-state index is 0.118. The average Bonchev–Trinajstić information content (AvgIpc) is 2.32. The lowest BCUT2D eigenvalue weighted by Crippen LogP contribution is -2.00. The van der Waals surface area contributed by atoms with Gasteiger partial charge in [-0.1, -0.05) is 6.92 Å². The second-order valence-corrected chi connectivity index (χ2v) is 4.78. The van der Waals surface area contributed by atoms with Gasteiger partial charge in [0.2, 0.25) is 5.89 Å². The quantitative estimate of drug-likeness (QED) is 0.705. The number of nitrogens with zero attached hydrogens (tertiary/aromatic N) is 1. The molecule has 0 aliphatic carbocycles. The van der Waals surface area contributed by atoms with Crippen LogP contribution in [0.15, 0.2) is 10.6 Å². The number of aromatic nitrogens is 1. The first-order valence-corrected chi connectivity index (χ1v) is 5.68. The van der Waals surface area contributed by atoms with Crippen LogP contribution in [0.5, 0.6) is 0 Å². The first kappa shape index (κ1) is 9.25. The summed E-state index contributed by atoms with van der Waals surface area (Å²) in [4.78, 5) is 3.83. The van der Waals surface area contributed by atoms with Crippen molar-refractivity contribution in [1.82, 2.24) is 4.98 Å². The Bertz CT molecular complexity index is 352. The minimum atomic E-state index is -3.03. The van der Waals surface area contributed by atoms with Crippen LogP contribution in [0, 0.1) is 0 Å². The molecule has 1 aromatic heterocycles. The van der Waals surface area contributed by atoms with Crippen LogP contribution in [0.25, 0.3) is 0 Å². The topological polar surface area (TPSA) is 60.2 Å². The molecule has 68 valence electrons. The van der Waals surface area contributed by atoms with Crippen LogP contribution in [0.4, 0.5) is 0 Å². The molecule has 0 spiro atoms. The fraction of sp³-hybridized carbons (Fsp3) is 0.571. The highest BCUT2D eigenvalue weighted by Gasteiger charge is 2.09. The highest BCUT2D eigenvalue weighted by atomic mass is 32.2. The lowest BCUT2D eigenvalue weighted by Gasteiger charge is -1.91. The predicted octanol–water partition coefficient (Wildman–Crippen LogP) is 0.782. The molecule has 0 radical (unpaired) electrons. The van der Waals surface area contributed by atoms with E-state index >= 15 is 0 Å². The van der Waals surface area contributed by atoms with Crippen molar-refractivity contribution in [2.45, 2.75) is 19.1 Å². The van der Waals surface area contributed by atoms with Gasteiger partial charge in [0, 0.05) is 12.7 Å². The lowest BCUT2D eigenvalue weighted by atomic mass is 10.4.